The highest BCUT2D eigenvalue weighted by atomic mass is 16.2. The van der Waals surface area contributed by atoms with Crippen molar-refractivity contribution in [2.75, 3.05) is 6.54 Å². The van der Waals surface area contributed by atoms with Crippen LogP contribution in [0.15, 0.2) is 0 Å². The third kappa shape index (κ3) is 3.00. The van der Waals surface area contributed by atoms with E-state index in [2.05, 4.69) is 17.6 Å². The predicted molar refractivity (Wildman–Crippen MR) is 109 cm³/mol. The SMILES string of the molecule is C[C@H](NC(=O)CN1C(=O)N[C@@]2(CCCC[C@@H]2C)C1=O)C12CC3CC(CC(C3)C1)C2. The van der Waals surface area contributed by atoms with Crippen LogP contribution in [0.1, 0.15) is 78.1 Å². The van der Waals surface area contributed by atoms with Gasteiger partial charge in [0.25, 0.3) is 5.91 Å². The Hall–Kier alpha value is -1.59. The lowest BCUT2D eigenvalue weighted by Gasteiger charge is -2.59. The minimum atomic E-state index is -0.791. The molecule has 1 aliphatic heterocycles. The zero-order valence-electron chi connectivity index (χ0n) is 17.8. The smallest absolute Gasteiger partial charge is 0.325 e. The topological polar surface area (TPSA) is 78.5 Å². The molecule has 0 radical (unpaired) electrons. The summed E-state index contributed by atoms with van der Waals surface area (Å²) in [5.74, 6) is 2.22. The average molecular weight is 402 g/mol. The largest absolute Gasteiger partial charge is 0.352 e. The summed E-state index contributed by atoms with van der Waals surface area (Å²) in [7, 11) is 0. The Labute approximate surface area is 173 Å². The molecule has 1 spiro atoms. The summed E-state index contributed by atoms with van der Waals surface area (Å²) >= 11 is 0. The Kier molecular flexibility index (Phi) is 4.48. The van der Waals surface area contributed by atoms with Crippen molar-refractivity contribution in [2.24, 2.45) is 29.1 Å². The molecule has 5 aliphatic carbocycles. The molecule has 4 bridgehead atoms. The van der Waals surface area contributed by atoms with Gasteiger partial charge in [0.05, 0.1) is 0 Å². The molecule has 0 aromatic carbocycles. The number of urea groups is 1. The van der Waals surface area contributed by atoms with Crippen molar-refractivity contribution in [3.05, 3.63) is 0 Å². The maximum Gasteiger partial charge on any atom is 0.325 e. The van der Waals surface area contributed by atoms with E-state index < -0.39 is 11.6 Å². The second-order valence-electron chi connectivity index (χ2n) is 11.0. The molecule has 6 heteroatoms. The second-order valence-corrected chi connectivity index (χ2v) is 11.0. The molecule has 2 N–H and O–H groups in total. The minimum Gasteiger partial charge on any atom is -0.352 e. The molecule has 0 aromatic rings. The van der Waals surface area contributed by atoms with Crippen LogP contribution in [0.25, 0.3) is 0 Å². The quantitative estimate of drug-likeness (QED) is 0.710. The van der Waals surface area contributed by atoms with Gasteiger partial charge >= 0.3 is 6.03 Å². The predicted octanol–water partition coefficient (Wildman–Crippen LogP) is 3.21. The van der Waals surface area contributed by atoms with Gasteiger partial charge in [-0.25, -0.2) is 4.79 Å². The van der Waals surface area contributed by atoms with Crippen LogP contribution < -0.4 is 10.6 Å². The Bertz CT molecular complexity index is 700. The first-order valence-corrected chi connectivity index (χ1v) is 11.7. The van der Waals surface area contributed by atoms with Crippen LogP contribution in [0.4, 0.5) is 4.79 Å². The van der Waals surface area contributed by atoms with Gasteiger partial charge in [-0.1, -0.05) is 19.8 Å². The number of imide groups is 1. The summed E-state index contributed by atoms with van der Waals surface area (Å²) in [6.07, 6.45) is 11.5. The normalized spacial score (nSPS) is 44.3. The first-order valence-electron chi connectivity index (χ1n) is 11.7. The average Bonchev–Trinajstić information content (AvgIpc) is 2.88. The van der Waals surface area contributed by atoms with Crippen LogP contribution in [0.2, 0.25) is 0 Å². The van der Waals surface area contributed by atoms with Gasteiger partial charge in [-0.05, 0) is 87.4 Å². The number of amides is 4. The fraction of sp³-hybridized carbons (Fsp3) is 0.870. The van der Waals surface area contributed by atoms with Crippen molar-refractivity contribution < 1.29 is 14.4 Å². The van der Waals surface area contributed by atoms with Crippen LogP contribution in [0.5, 0.6) is 0 Å². The molecule has 5 saturated carbocycles. The first kappa shape index (κ1) is 19.4. The highest BCUT2D eigenvalue weighted by Crippen LogP contribution is 2.61. The molecule has 29 heavy (non-hydrogen) atoms. The zero-order chi connectivity index (χ0) is 20.4. The van der Waals surface area contributed by atoms with E-state index in [1.807, 2.05) is 6.92 Å². The molecule has 0 aromatic heterocycles. The van der Waals surface area contributed by atoms with Crippen LogP contribution in [0, 0.1) is 29.1 Å². The molecular weight excluding hydrogens is 366 g/mol. The molecule has 6 nitrogen and oxygen atoms in total. The number of rotatable bonds is 4. The number of hydrogen-bond donors (Lipinski definition) is 2. The molecule has 4 amide bonds. The molecule has 6 fully saturated rings. The van der Waals surface area contributed by atoms with E-state index in [-0.39, 0.29) is 35.7 Å². The van der Waals surface area contributed by atoms with E-state index >= 15 is 0 Å². The summed E-state index contributed by atoms with van der Waals surface area (Å²) in [5.41, 5.74) is -0.568. The summed E-state index contributed by atoms with van der Waals surface area (Å²) in [4.78, 5) is 39.7. The van der Waals surface area contributed by atoms with Crippen LogP contribution >= 0.6 is 0 Å². The monoisotopic (exact) mass is 401 g/mol. The summed E-state index contributed by atoms with van der Waals surface area (Å²) in [5, 5.41) is 6.14. The fourth-order valence-corrected chi connectivity index (χ4v) is 7.93. The van der Waals surface area contributed by atoms with Crippen LogP contribution in [-0.2, 0) is 9.59 Å². The number of carbonyl (C=O) groups excluding carboxylic acids is 3. The van der Waals surface area contributed by atoms with Gasteiger partial charge in [0.15, 0.2) is 0 Å². The molecule has 0 unspecified atom stereocenters. The Morgan fingerprint density at radius 2 is 1.76 bits per heavy atom. The third-order valence-corrected chi connectivity index (χ3v) is 9.18. The van der Waals surface area contributed by atoms with Crippen molar-refractivity contribution in [1.29, 1.82) is 0 Å². The maximum absolute atomic E-state index is 13.1. The van der Waals surface area contributed by atoms with Gasteiger partial charge < -0.3 is 10.6 Å². The van der Waals surface area contributed by atoms with E-state index in [0.717, 1.165) is 41.9 Å². The lowest BCUT2D eigenvalue weighted by Crippen LogP contribution is -2.57. The first-order chi connectivity index (χ1) is 13.8. The summed E-state index contributed by atoms with van der Waals surface area (Å²) in [6.45, 7) is 4.02. The number of nitrogens with zero attached hydrogens (tertiary/aromatic N) is 1. The lowest BCUT2D eigenvalue weighted by molar-refractivity contribution is -0.138. The third-order valence-electron chi connectivity index (χ3n) is 9.18. The molecule has 3 atom stereocenters. The Morgan fingerprint density at radius 3 is 2.34 bits per heavy atom. The van der Waals surface area contributed by atoms with Gasteiger partial charge in [0.2, 0.25) is 5.91 Å². The van der Waals surface area contributed by atoms with Gasteiger partial charge in [0.1, 0.15) is 12.1 Å². The molecule has 6 aliphatic rings. The molecule has 160 valence electrons. The highest BCUT2D eigenvalue weighted by molar-refractivity contribution is 6.09. The lowest BCUT2D eigenvalue weighted by atomic mass is 9.48. The van der Waals surface area contributed by atoms with Gasteiger partial charge in [-0.2, -0.15) is 0 Å². The van der Waals surface area contributed by atoms with E-state index in [4.69, 9.17) is 0 Å². The zero-order valence-corrected chi connectivity index (χ0v) is 17.8. The van der Waals surface area contributed by atoms with Gasteiger partial charge in [-0.3, -0.25) is 14.5 Å². The van der Waals surface area contributed by atoms with Gasteiger partial charge in [0, 0.05) is 6.04 Å². The van der Waals surface area contributed by atoms with E-state index in [0.29, 0.717) is 6.42 Å². The highest BCUT2D eigenvalue weighted by Gasteiger charge is 2.56. The fourth-order valence-electron chi connectivity index (χ4n) is 7.93. The van der Waals surface area contributed by atoms with Crippen LogP contribution in [-0.4, -0.2) is 40.9 Å². The Balaban J connectivity index is 1.24. The second kappa shape index (κ2) is 6.71. The molecule has 1 saturated heterocycles. The molecule has 6 rings (SSSR count). The van der Waals surface area contributed by atoms with Crippen LogP contribution in [0.3, 0.4) is 0 Å². The minimum absolute atomic E-state index is 0.103. The number of carbonyl (C=O) groups is 3. The summed E-state index contributed by atoms with van der Waals surface area (Å²) < 4.78 is 0. The van der Waals surface area contributed by atoms with Crippen molar-refractivity contribution in [1.82, 2.24) is 15.5 Å². The number of hydrogen-bond acceptors (Lipinski definition) is 3. The molecule has 1 heterocycles. The standard InChI is InChI=1S/C23H35N3O3/c1-14-5-3-4-6-23(14)20(28)26(21(29)25-23)13-19(27)24-15(2)22-10-16-7-17(11-22)9-18(8-16)12-22/h14-18H,3-13H2,1-2H3,(H,24,27)(H,25,29)/t14-,15-,16?,17?,18?,22?,23+/m0/s1. The van der Waals surface area contributed by atoms with Crippen molar-refractivity contribution in [3.8, 4) is 0 Å². The Morgan fingerprint density at radius 1 is 1.14 bits per heavy atom. The van der Waals surface area contributed by atoms with Crippen molar-refractivity contribution in [3.63, 3.8) is 0 Å². The van der Waals surface area contributed by atoms with Crippen molar-refractivity contribution >= 4 is 17.8 Å². The summed E-state index contributed by atoms with van der Waals surface area (Å²) in [6, 6.07) is -0.298. The van der Waals surface area contributed by atoms with E-state index in [9.17, 15) is 14.4 Å². The van der Waals surface area contributed by atoms with E-state index in [1.54, 1.807) is 0 Å². The van der Waals surface area contributed by atoms with E-state index in [1.165, 1.54) is 38.5 Å². The van der Waals surface area contributed by atoms with Gasteiger partial charge in [-0.15, -0.1) is 0 Å². The number of nitrogens with one attached hydrogen (secondary N) is 2. The maximum atomic E-state index is 13.1. The van der Waals surface area contributed by atoms with Crippen molar-refractivity contribution in [2.45, 2.75) is 89.6 Å². The molecular formula is C23H35N3O3.